The second kappa shape index (κ2) is 9.25. The van der Waals surface area contributed by atoms with E-state index in [0.717, 1.165) is 0 Å². The zero-order valence-electron chi connectivity index (χ0n) is 17.3. The molecule has 9 nitrogen and oxygen atoms in total. The van der Waals surface area contributed by atoms with Crippen LogP contribution in [0, 0.1) is 5.41 Å². The smallest absolute Gasteiger partial charge is 0.409 e. The quantitative estimate of drug-likeness (QED) is 0.695. The van der Waals surface area contributed by atoms with Crippen LogP contribution in [0.4, 0.5) is 4.79 Å². The number of hydrogen-bond acceptors (Lipinski definition) is 5. The number of carbonyl (C=O) groups is 4. The number of hydrogen-bond donors (Lipinski definition) is 1. The van der Waals surface area contributed by atoms with Gasteiger partial charge in [0.2, 0.25) is 17.7 Å². The minimum atomic E-state index is -1.18. The van der Waals surface area contributed by atoms with Crippen molar-refractivity contribution in [3.05, 3.63) is 0 Å². The Labute approximate surface area is 166 Å². The molecule has 0 aromatic carbocycles. The highest BCUT2D eigenvalue weighted by Crippen LogP contribution is 2.22. The number of rotatable bonds is 4. The Morgan fingerprint density at radius 3 is 1.96 bits per heavy atom. The molecular weight excluding hydrogens is 364 g/mol. The molecule has 0 aromatic rings. The topological polar surface area (TPSA) is 99.3 Å². The molecule has 4 amide bonds. The molecule has 9 heteroatoms. The first-order chi connectivity index (χ1) is 13.2. The Morgan fingerprint density at radius 1 is 0.929 bits per heavy atom. The number of nitrogens with zero attached hydrogens (tertiary/aromatic N) is 3. The molecule has 2 aliphatic rings. The van der Waals surface area contributed by atoms with Gasteiger partial charge in [-0.15, -0.1) is 0 Å². The van der Waals surface area contributed by atoms with Gasteiger partial charge in [-0.05, 0) is 33.6 Å². The monoisotopic (exact) mass is 396 g/mol. The number of piperazine rings is 1. The highest BCUT2D eigenvalue weighted by atomic mass is 16.6. The first-order valence-corrected chi connectivity index (χ1v) is 9.94. The normalized spacial score (nSPS) is 18.6. The van der Waals surface area contributed by atoms with Crippen LogP contribution in [0.5, 0.6) is 0 Å². The second-order valence-corrected chi connectivity index (χ2v) is 7.86. The van der Waals surface area contributed by atoms with E-state index in [-0.39, 0.29) is 29.9 Å². The highest BCUT2D eigenvalue weighted by Gasteiger charge is 2.41. The largest absolute Gasteiger partial charge is 0.450 e. The van der Waals surface area contributed by atoms with Crippen LogP contribution in [0.25, 0.3) is 0 Å². The summed E-state index contributed by atoms with van der Waals surface area (Å²) >= 11 is 0. The van der Waals surface area contributed by atoms with Crippen LogP contribution in [0.3, 0.4) is 0 Å². The fourth-order valence-electron chi connectivity index (χ4n) is 3.50. The van der Waals surface area contributed by atoms with Crippen LogP contribution in [0.2, 0.25) is 0 Å². The Hall–Kier alpha value is -2.32. The number of piperidine rings is 1. The Morgan fingerprint density at radius 2 is 1.46 bits per heavy atom. The number of carbonyl (C=O) groups excluding carboxylic acids is 4. The van der Waals surface area contributed by atoms with Gasteiger partial charge in [0.1, 0.15) is 5.41 Å². The third-order valence-electron chi connectivity index (χ3n) is 5.47. The molecule has 1 N–H and O–H groups in total. The van der Waals surface area contributed by atoms with Gasteiger partial charge in [-0.3, -0.25) is 14.4 Å². The maximum atomic E-state index is 12.9. The SMILES string of the molecule is CCOC(=O)N1CCC(NC(=O)C(C)(C)C(=O)N2CCN(C(C)=O)CC2)CC1. The van der Waals surface area contributed by atoms with E-state index in [9.17, 15) is 19.2 Å². The van der Waals surface area contributed by atoms with E-state index >= 15 is 0 Å². The summed E-state index contributed by atoms with van der Waals surface area (Å²) in [7, 11) is 0. The van der Waals surface area contributed by atoms with Crippen LogP contribution in [-0.2, 0) is 19.1 Å². The van der Waals surface area contributed by atoms with Crippen molar-refractivity contribution in [3.8, 4) is 0 Å². The van der Waals surface area contributed by atoms with E-state index in [1.54, 1.807) is 35.5 Å². The summed E-state index contributed by atoms with van der Waals surface area (Å²) in [4.78, 5) is 53.8. The van der Waals surface area contributed by atoms with Crippen LogP contribution in [0.1, 0.15) is 40.5 Å². The summed E-state index contributed by atoms with van der Waals surface area (Å²) in [5.41, 5.74) is -1.18. The van der Waals surface area contributed by atoms with E-state index < -0.39 is 5.41 Å². The molecule has 28 heavy (non-hydrogen) atoms. The zero-order valence-corrected chi connectivity index (χ0v) is 17.3. The molecule has 0 bridgehead atoms. The van der Waals surface area contributed by atoms with Gasteiger partial charge in [-0.1, -0.05) is 0 Å². The lowest BCUT2D eigenvalue weighted by Crippen LogP contribution is -2.57. The van der Waals surface area contributed by atoms with Crippen molar-refractivity contribution < 1.29 is 23.9 Å². The molecular formula is C19H32N4O5. The number of amides is 4. The number of nitrogens with one attached hydrogen (secondary N) is 1. The van der Waals surface area contributed by atoms with E-state index in [0.29, 0.717) is 58.7 Å². The molecule has 0 aliphatic carbocycles. The lowest BCUT2D eigenvalue weighted by molar-refractivity contribution is -0.151. The van der Waals surface area contributed by atoms with Crippen molar-refractivity contribution in [2.24, 2.45) is 5.41 Å². The maximum absolute atomic E-state index is 12.9. The summed E-state index contributed by atoms with van der Waals surface area (Å²) < 4.78 is 5.00. The van der Waals surface area contributed by atoms with Gasteiger partial charge in [0, 0.05) is 52.2 Å². The first-order valence-electron chi connectivity index (χ1n) is 9.94. The standard InChI is InChI=1S/C19H32N4O5/c1-5-28-18(27)23-8-6-15(7-9-23)20-16(25)19(3,4)17(26)22-12-10-21(11-13-22)14(2)24/h15H,5-13H2,1-4H3,(H,20,25). The van der Waals surface area contributed by atoms with E-state index in [1.807, 2.05) is 0 Å². The molecule has 0 radical (unpaired) electrons. The lowest BCUT2D eigenvalue weighted by atomic mass is 9.89. The number of likely N-dealkylation sites (tertiary alicyclic amines) is 1. The summed E-state index contributed by atoms with van der Waals surface area (Å²) in [6.45, 7) is 9.79. The molecule has 0 atom stereocenters. The van der Waals surface area contributed by atoms with Gasteiger partial charge < -0.3 is 24.8 Å². The van der Waals surface area contributed by atoms with Crippen molar-refractivity contribution in [3.63, 3.8) is 0 Å². The fraction of sp³-hybridized carbons (Fsp3) is 0.789. The van der Waals surface area contributed by atoms with Gasteiger partial charge in [0.25, 0.3) is 0 Å². The average Bonchev–Trinajstić information content (AvgIpc) is 2.68. The van der Waals surface area contributed by atoms with E-state index in [1.165, 1.54) is 6.92 Å². The Kier molecular flexibility index (Phi) is 7.26. The van der Waals surface area contributed by atoms with Crippen LogP contribution in [0.15, 0.2) is 0 Å². The molecule has 0 unspecified atom stereocenters. The van der Waals surface area contributed by atoms with Gasteiger partial charge in [0.05, 0.1) is 6.61 Å². The summed E-state index contributed by atoms with van der Waals surface area (Å²) in [5, 5.41) is 2.97. The molecule has 0 spiro atoms. The van der Waals surface area contributed by atoms with Crippen LogP contribution >= 0.6 is 0 Å². The Balaban J connectivity index is 1.85. The molecule has 158 valence electrons. The molecule has 0 aromatic heterocycles. The van der Waals surface area contributed by atoms with Gasteiger partial charge in [0.15, 0.2) is 0 Å². The van der Waals surface area contributed by atoms with Gasteiger partial charge in [-0.25, -0.2) is 4.79 Å². The van der Waals surface area contributed by atoms with Crippen molar-refractivity contribution in [2.45, 2.75) is 46.6 Å². The van der Waals surface area contributed by atoms with Gasteiger partial charge >= 0.3 is 6.09 Å². The molecule has 2 fully saturated rings. The molecule has 2 heterocycles. The summed E-state index contributed by atoms with van der Waals surface area (Å²) in [6, 6.07) is -0.0696. The zero-order chi connectivity index (χ0) is 20.9. The van der Waals surface area contributed by atoms with E-state index in [4.69, 9.17) is 4.74 Å². The molecule has 0 saturated carbocycles. The van der Waals surface area contributed by atoms with Crippen LogP contribution in [-0.4, -0.2) is 90.4 Å². The van der Waals surface area contributed by atoms with Crippen molar-refractivity contribution in [1.29, 1.82) is 0 Å². The number of ether oxygens (including phenoxy) is 1. The predicted octanol–water partition coefficient (Wildman–Crippen LogP) is 0.440. The maximum Gasteiger partial charge on any atom is 0.409 e. The lowest BCUT2D eigenvalue weighted by Gasteiger charge is -2.38. The van der Waals surface area contributed by atoms with Crippen molar-refractivity contribution >= 4 is 23.8 Å². The van der Waals surface area contributed by atoms with Crippen molar-refractivity contribution in [1.82, 2.24) is 20.0 Å². The van der Waals surface area contributed by atoms with Crippen molar-refractivity contribution in [2.75, 3.05) is 45.9 Å². The van der Waals surface area contributed by atoms with E-state index in [2.05, 4.69) is 5.32 Å². The average molecular weight is 396 g/mol. The third kappa shape index (κ3) is 5.14. The predicted molar refractivity (Wildman–Crippen MR) is 102 cm³/mol. The fourth-order valence-corrected chi connectivity index (χ4v) is 3.50. The first kappa shape index (κ1) is 22.0. The third-order valence-corrected chi connectivity index (χ3v) is 5.47. The molecule has 2 rings (SSSR count). The van der Waals surface area contributed by atoms with Gasteiger partial charge in [-0.2, -0.15) is 0 Å². The van der Waals surface area contributed by atoms with Crippen LogP contribution < -0.4 is 5.32 Å². The minimum Gasteiger partial charge on any atom is -0.450 e. The summed E-state index contributed by atoms with van der Waals surface area (Å²) in [5.74, 6) is -0.531. The molecule has 2 saturated heterocycles. The second-order valence-electron chi connectivity index (χ2n) is 7.86. The summed E-state index contributed by atoms with van der Waals surface area (Å²) in [6.07, 6.45) is 0.936. The molecule has 2 aliphatic heterocycles. The minimum absolute atomic E-state index is 0.00161. The highest BCUT2D eigenvalue weighted by molar-refractivity contribution is 6.04. The Bertz CT molecular complexity index is 605.